The Labute approximate surface area is 161 Å². The highest BCUT2D eigenvalue weighted by molar-refractivity contribution is 7.89. The zero-order chi connectivity index (χ0) is 20.9. The van der Waals surface area contributed by atoms with Crippen LogP contribution in [-0.2, 0) is 16.6 Å². The SMILES string of the molecule is CCN(CC)S(=O)(=O)c1ccc(OCc2ccc([N+](=O)[O-])cc2)c([N+](=O)[O-])c1. The summed E-state index contributed by atoms with van der Waals surface area (Å²) >= 11 is 0. The average Bonchev–Trinajstić information content (AvgIpc) is 2.67. The Balaban J connectivity index is 2.28. The lowest BCUT2D eigenvalue weighted by molar-refractivity contribution is -0.386. The molecule has 0 radical (unpaired) electrons. The van der Waals surface area contributed by atoms with E-state index in [4.69, 9.17) is 4.74 Å². The molecule has 0 heterocycles. The van der Waals surface area contributed by atoms with Crippen LogP contribution < -0.4 is 4.74 Å². The number of nitro benzene ring substituents is 2. The van der Waals surface area contributed by atoms with E-state index in [0.717, 1.165) is 6.07 Å². The molecule has 0 aromatic heterocycles. The molecule has 0 saturated carbocycles. The Kier molecular flexibility index (Phi) is 6.65. The second kappa shape index (κ2) is 8.76. The predicted molar refractivity (Wildman–Crippen MR) is 101 cm³/mol. The first-order chi connectivity index (χ1) is 13.2. The molecule has 150 valence electrons. The van der Waals surface area contributed by atoms with Gasteiger partial charge in [-0.3, -0.25) is 20.2 Å². The van der Waals surface area contributed by atoms with Crippen LogP contribution >= 0.6 is 0 Å². The van der Waals surface area contributed by atoms with Crippen LogP contribution in [-0.4, -0.2) is 35.7 Å². The highest BCUT2D eigenvalue weighted by Gasteiger charge is 2.26. The molecule has 2 aromatic carbocycles. The third-order valence-electron chi connectivity index (χ3n) is 4.01. The van der Waals surface area contributed by atoms with Crippen LogP contribution in [0.3, 0.4) is 0 Å². The maximum absolute atomic E-state index is 12.6. The summed E-state index contributed by atoms with van der Waals surface area (Å²) in [7, 11) is -3.84. The second-order valence-corrected chi connectivity index (χ2v) is 7.63. The van der Waals surface area contributed by atoms with Crippen molar-refractivity contribution < 1.29 is 23.0 Å². The minimum atomic E-state index is -3.84. The molecule has 2 aromatic rings. The Morgan fingerprint density at radius 3 is 2.07 bits per heavy atom. The van der Waals surface area contributed by atoms with Crippen molar-refractivity contribution in [1.29, 1.82) is 0 Å². The molecule has 10 nitrogen and oxygen atoms in total. The Morgan fingerprint density at radius 2 is 1.57 bits per heavy atom. The van der Waals surface area contributed by atoms with E-state index in [0.29, 0.717) is 5.56 Å². The molecule has 28 heavy (non-hydrogen) atoms. The number of rotatable bonds is 9. The largest absolute Gasteiger partial charge is 0.482 e. The van der Waals surface area contributed by atoms with E-state index in [-0.39, 0.29) is 36.0 Å². The second-order valence-electron chi connectivity index (χ2n) is 5.69. The van der Waals surface area contributed by atoms with Gasteiger partial charge in [0.1, 0.15) is 6.61 Å². The lowest BCUT2D eigenvalue weighted by atomic mass is 10.2. The molecule has 0 aliphatic heterocycles. The molecule has 0 N–H and O–H groups in total. The maximum Gasteiger partial charge on any atom is 0.312 e. The topological polar surface area (TPSA) is 133 Å². The molecule has 0 spiro atoms. The molecule has 0 unspecified atom stereocenters. The van der Waals surface area contributed by atoms with E-state index in [1.165, 1.54) is 40.7 Å². The van der Waals surface area contributed by atoms with Gasteiger partial charge in [0, 0.05) is 31.3 Å². The Bertz CT molecular complexity index is 971. The number of hydrogen-bond acceptors (Lipinski definition) is 7. The number of sulfonamides is 1. The van der Waals surface area contributed by atoms with Gasteiger partial charge >= 0.3 is 5.69 Å². The van der Waals surface area contributed by atoms with Gasteiger partial charge < -0.3 is 4.74 Å². The molecule has 0 atom stereocenters. The monoisotopic (exact) mass is 409 g/mol. The first-order valence-electron chi connectivity index (χ1n) is 8.35. The fraction of sp³-hybridized carbons (Fsp3) is 0.294. The van der Waals surface area contributed by atoms with Crippen molar-refractivity contribution >= 4 is 21.4 Å². The molecule has 11 heteroatoms. The van der Waals surface area contributed by atoms with Crippen LogP contribution in [0.25, 0.3) is 0 Å². The van der Waals surface area contributed by atoms with Crippen LogP contribution in [0.5, 0.6) is 5.75 Å². The predicted octanol–water partition coefficient (Wildman–Crippen LogP) is 3.11. The first-order valence-corrected chi connectivity index (χ1v) is 9.79. The molecule has 0 amide bonds. The summed E-state index contributed by atoms with van der Waals surface area (Å²) in [5, 5.41) is 22.0. The summed E-state index contributed by atoms with van der Waals surface area (Å²) in [5.41, 5.74) is 0.00979. The highest BCUT2D eigenvalue weighted by atomic mass is 32.2. The van der Waals surface area contributed by atoms with Crippen molar-refractivity contribution in [2.45, 2.75) is 25.3 Å². The zero-order valence-electron chi connectivity index (χ0n) is 15.3. The van der Waals surface area contributed by atoms with E-state index >= 15 is 0 Å². The van der Waals surface area contributed by atoms with Crippen molar-refractivity contribution in [2.24, 2.45) is 0 Å². The summed E-state index contributed by atoms with van der Waals surface area (Å²) in [6.07, 6.45) is 0. The zero-order valence-corrected chi connectivity index (χ0v) is 16.1. The molecule has 0 saturated heterocycles. The van der Waals surface area contributed by atoms with Crippen molar-refractivity contribution in [3.8, 4) is 5.75 Å². The fourth-order valence-electron chi connectivity index (χ4n) is 2.51. The number of hydrogen-bond donors (Lipinski definition) is 0. The van der Waals surface area contributed by atoms with E-state index in [2.05, 4.69) is 0 Å². The molecule has 2 rings (SSSR count). The van der Waals surface area contributed by atoms with E-state index in [1.54, 1.807) is 13.8 Å². The Morgan fingerprint density at radius 1 is 0.964 bits per heavy atom. The van der Waals surface area contributed by atoms with Gasteiger partial charge in [-0.1, -0.05) is 13.8 Å². The van der Waals surface area contributed by atoms with Crippen molar-refractivity contribution in [3.63, 3.8) is 0 Å². The van der Waals surface area contributed by atoms with Gasteiger partial charge in [0.15, 0.2) is 5.75 Å². The van der Waals surface area contributed by atoms with E-state index in [9.17, 15) is 28.6 Å². The molecular formula is C17H19N3O7S. The van der Waals surface area contributed by atoms with Crippen LogP contribution in [0.15, 0.2) is 47.4 Å². The van der Waals surface area contributed by atoms with Gasteiger partial charge in [-0.2, -0.15) is 4.31 Å². The third-order valence-corrected chi connectivity index (χ3v) is 6.06. The standard InChI is InChI=1S/C17H19N3O7S/c1-3-18(4-2)28(25,26)15-9-10-17(16(11-15)20(23)24)27-12-13-5-7-14(8-6-13)19(21)22/h5-11H,3-4,12H2,1-2H3. The van der Waals surface area contributed by atoms with Gasteiger partial charge in [-0.15, -0.1) is 0 Å². The number of benzene rings is 2. The van der Waals surface area contributed by atoms with Crippen LogP contribution in [0.2, 0.25) is 0 Å². The van der Waals surface area contributed by atoms with Gasteiger partial charge in [0.2, 0.25) is 10.0 Å². The molecular weight excluding hydrogens is 390 g/mol. The number of non-ortho nitro benzene ring substituents is 1. The number of ether oxygens (including phenoxy) is 1. The van der Waals surface area contributed by atoms with E-state index < -0.39 is 25.6 Å². The third kappa shape index (κ3) is 4.61. The summed E-state index contributed by atoms with van der Waals surface area (Å²) in [4.78, 5) is 20.6. The summed E-state index contributed by atoms with van der Waals surface area (Å²) < 4.78 is 31.8. The number of nitro groups is 2. The summed E-state index contributed by atoms with van der Waals surface area (Å²) in [6.45, 7) is 3.77. The van der Waals surface area contributed by atoms with E-state index in [1.807, 2.05) is 0 Å². The van der Waals surface area contributed by atoms with Crippen LogP contribution in [0, 0.1) is 20.2 Å². The molecule has 0 fully saturated rings. The normalized spacial score (nSPS) is 11.4. The molecule has 0 aliphatic carbocycles. The quantitative estimate of drug-likeness (QED) is 0.459. The summed E-state index contributed by atoms with van der Waals surface area (Å²) in [6, 6.07) is 9.01. The molecule has 0 aliphatic rings. The van der Waals surface area contributed by atoms with Crippen molar-refractivity contribution in [1.82, 2.24) is 4.31 Å². The fourth-order valence-corrected chi connectivity index (χ4v) is 3.99. The minimum absolute atomic E-state index is 0.0685. The average molecular weight is 409 g/mol. The first kappa shape index (κ1) is 21.3. The van der Waals surface area contributed by atoms with Gasteiger partial charge in [-0.25, -0.2) is 8.42 Å². The Hall–Kier alpha value is -3.05. The summed E-state index contributed by atoms with van der Waals surface area (Å²) in [5.74, 6) is -0.0955. The lowest BCUT2D eigenvalue weighted by Gasteiger charge is -2.18. The maximum atomic E-state index is 12.6. The molecule has 0 bridgehead atoms. The van der Waals surface area contributed by atoms with Gasteiger partial charge in [0.25, 0.3) is 5.69 Å². The van der Waals surface area contributed by atoms with Gasteiger partial charge in [-0.05, 0) is 29.8 Å². The highest BCUT2D eigenvalue weighted by Crippen LogP contribution is 2.31. The smallest absolute Gasteiger partial charge is 0.312 e. The van der Waals surface area contributed by atoms with Crippen LogP contribution in [0.1, 0.15) is 19.4 Å². The lowest BCUT2D eigenvalue weighted by Crippen LogP contribution is -2.30. The van der Waals surface area contributed by atoms with Crippen molar-refractivity contribution in [3.05, 3.63) is 68.3 Å². The number of nitrogens with zero attached hydrogens (tertiary/aromatic N) is 3. The minimum Gasteiger partial charge on any atom is -0.482 e. The van der Waals surface area contributed by atoms with Gasteiger partial charge in [0.05, 0.1) is 14.7 Å². The van der Waals surface area contributed by atoms with Crippen molar-refractivity contribution in [2.75, 3.05) is 13.1 Å². The van der Waals surface area contributed by atoms with Crippen LogP contribution in [0.4, 0.5) is 11.4 Å².